The summed E-state index contributed by atoms with van der Waals surface area (Å²) in [4.78, 5) is 16.9. The predicted octanol–water partition coefficient (Wildman–Crippen LogP) is 1.46. The molecule has 19 heavy (non-hydrogen) atoms. The van der Waals surface area contributed by atoms with Crippen LogP contribution < -0.4 is 5.32 Å². The van der Waals surface area contributed by atoms with E-state index in [2.05, 4.69) is 35.9 Å². The Bertz CT molecular complexity index is 304. The van der Waals surface area contributed by atoms with Crippen LogP contribution in [0.2, 0.25) is 0 Å². The molecule has 0 spiro atoms. The fraction of sp³-hybridized carbons (Fsp3) is 0.933. The molecule has 1 heterocycles. The van der Waals surface area contributed by atoms with Crippen LogP contribution in [0.5, 0.6) is 0 Å². The zero-order valence-corrected chi connectivity index (χ0v) is 12.7. The van der Waals surface area contributed by atoms with E-state index in [1.165, 1.54) is 12.8 Å². The standard InChI is InChI=1S/C15H29N3O/c1-4-12-10-17(13(5-2)9-16-12)11-15(19)18(6-3)14-7-8-14/h12-14,16H,4-11H2,1-3H3. The lowest BCUT2D eigenvalue weighted by molar-refractivity contribution is -0.133. The number of rotatable bonds is 6. The van der Waals surface area contributed by atoms with Gasteiger partial charge < -0.3 is 10.2 Å². The zero-order chi connectivity index (χ0) is 13.8. The van der Waals surface area contributed by atoms with Gasteiger partial charge in [-0.1, -0.05) is 13.8 Å². The molecule has 1 N–H and O–H groups in total. The lowest BCUT2D eigenvalue weighted by Gasteiger charge is -2.40. The van der Waals surface area contributed by atoms with Crippen molar-refractivity contribution in [1.82, 2.24) is 15.1 Å². The minimum absolute atomic E-state index is 0.334. The molecular formula is C15H29N3O. The van der Waals surface area contributed by atoms with Crippen LogP contribution in [0.4, 0.5) is 0 Å². The van der Waals surface area contributed by atoms with E-state index in [1.807, 2.05) is 0 Å². The average molecular weight is 267 g/mol. The molecule has 0 aromatic rings. The van der Waals surface area contributed by atoms with Crippen molar-refractivity contribution in [3.8, 4) is 0 Å². The minimum atomic E-state index is 0.334. The van der Waals surface area contributed by atoms with E-state index in [9.17, 15) is 4.79 Å². The van der Waals surface area contributed by atoms with Crippen molar-refractivity contribution in [3.63, 3.8) is 0 Å². The molecule has 2 unspecified atom stereocenters. The van der Waals surface area contributed by atoms with Crippen molar-refractivity contribution in [1.29, 1.82) is 0 Å². The first-order valence-corrected chi connectivity index (χ1v) is 7.96. The van der Waals surface area contributed by atoms with E-state index >= 15 is 0 Å². The van der Waals surface area contributed by atoms with Crippen LogP contribution in [0.1, 0.15) is 46.5 Å². The fourth-order valence-electron chi connectivity index (χ4n) is 3.09. The normalized spacial score (nSPS) is 28.4. The van der Waals surface area contributed by atoms with Gasteiger partial charge in [-0.2, -0.15) is 0 Å². The highest BCUT2D eigenvalue weighted by Gasteiger charge is 2.34. The third-order valence-electron chi connectivity index (χ3n) is 4.56. The van der Waals surface area contributed by atoms with Gasteiger partial charge in [-0.3, -0.25) is 9.69 Å². The second-order valence-electron chi connectivity index (χ2n) is 5.92. The highest BCUT2D eigenvalue weighted by molar-refractivity contribution is 5.79. The van der Waals surface area contributed by atoms with Gasteiger partial charge >= 0.3 is 0 Å². The maximum atomic E-state index is 12.4. The van der Waals surface area contributed by atoms with Gasteiger partial charge in [-0.05, 0) is 32.6 Å². The molecule has 2 atom stereocenters. The molecule has 4 heteroatoms. The molecule has 0 aromatic carbocycles. The summed E-state index contributed by atoms with van der Waals surface area (Å²) >= 11 is 0. The number of likely N-dealkylation sites (N-methyl/N-ethyl adjacent to an activating group) is 1. The quantitative estimate of drug-likeness (QED) is 0.791. The summed E-state index contributed by atoms with van der Waals surface area (Å²) in [7, 11) is 0. The average Bonchev–Trinajstić information content (AvgIpc) is 3.24. The summed E-state index contributed by atoms with van der Waals surface area (Å²) < 4.78 is 0. The molecule has 1 aliphatic carbocycles. The topological polar surface area (TPSA) is 35.6 Å². The summed E-state index contributed by atoms with van der Waals surface area (Å²) in [6, 6.07) is 1.61. The summed E-state index contributed by atoms with van der Waals surface area (Å²) in [5, 5.41) is 3.58. The fourth-order valence-corrected chi connectivity index (χ4v) is 3.09. The molecule has 1 amide bonds. The Morgan fingerprint density at radius 3 is 2.53 bits per heavy atom. The Morgan fingerprint density at radius 2 is 2.00 bits per heavy atom. The van der Waals surface area contributed by atoms with Gasteiger partial charge in [0.1, 0.15) is 0 Å². The van der Waals surface area contributed by atoms with Crippen molar-refractivity contribution in [2.24, 2.45) is 0 Å². The van der Waals surface area contributed by atoms with Crippen molar-refractivity contribution in [2.45, 2.75) is 64.6 Å². The monoisotopic (exact) mass is 267 g/mol. The SMILES string of the molecule is CCC1CN(CC(=O)N(CC)C2CC2)C(CC)CN1. The highest BCUT2D eigenvalue weighted by atomic mass is 16.2. The largest absolute Gasteiger partial charge is 0.339 e. The Balaban J connectivity index is 1.91. The van der Waals surface area contributed by atoms with Gasteiger partial charge in [-0.15, -0.1) is 0 Å². The van der Waals surface area contributed by atoms with Crippen LogP contribution in [0, 0.1) is 0 Å². The van der Waals surface area contributed by atoms with E-state index in [0.29, 0.717) is 30.6 Å². The van der Waals surface area contributed by atoms with Gasteiger partial charge in [0.2, 0.25) is 5.91 Å². The molecule has 2 fully saturated rings. The number of nitrogens with zero attached hydrogens (tertiary/aromatic N) is 2. The minimum Gasteiger partial charge on any atom is -0.339 e. The number of nitrogens with one attached hydrogen (secondary N) is 1. The maximum Gasteiger partial charge on any atom is 0.236 e. The molecule has 1 saturated heterocycles. The van der Waals surface area contributed by atoms with E-state index in [4.69, 9.17) is 0 Å². The lowest BCUT2D eigenvalue weighted by atomic mass is 10.1. The third kappa shape index (κ3) is 3.69. The lowest BCUT2D eigenvalue weighted by Crippen LogP contribution is -2.58. The molecule has 1 aliphatic heterocycles. The smallest absolute Gasteiger partial charge is 0.236 e. The van der Waals surface area contributed by atoms with E-state index < -0.39 is 0 Å². The number of piperazine rings is 1. The van der Waals surface area contributed by atoms with Crippen LogP contribution >= 0.6 is 0 Å². The third-order valence-corrected chi connectivity index (χ3v) is 4.56. The summed E-state index contributed by atoms with van der Waals surface area (Å²) in [6.45, 7) is 10.0. The van der Waals surface area contributed by atoms with Crippen LogP contribution in [0.15, 0.2) is 0 Å². The van der Waals surface area contributed by atoms with Crippen LogP contribution in [-0.2, 0) is 4.79 Å². The first-order valence-electron chi connectivity index (χ1n) is 7.96. The first-order chi connectivity index (χ1) is 9.19. The number of carbonyl (C=O) groups excluding carboxylic acids is 1. The Hall–Kier alpha value is -0.610. The second-order valence-corrected chi connectivity index (χ2v) is 5.92. The highest BCUT2D eigenvalue weighted by Crippen LogP contribution is 2.27. The molecule has 1 saturated carbocycles. The first kappa shape index (κ1) is 14.8. The molecule has 0 radical (unpaired) electrons. The van der Waals surface area contributed by atoms with Gasteiger partial charge in [0, 0.05) is 37.8 Å². The van der Waals surface area contributed by atoms with Crippen LogP contribution in [0.25, 0.3) is 0 Å². The van der Waals surface area contributed by atoms with E-state index in [0.717, 1.165) is 32.5 Å². The van der Waals surface area contributed by atoms with Crippen LogP contribution in [-0.4, -0.2) is 60.0 Å². The van der Waals surface area contributed by atoms with Crippen molar-refractivity contribution in [3.05, 3.63) is 0 Å². The van der Waals surface area contributed by atoms with Crippen LogP contribution in [0.3, 0.4) is 0 Å². The number of hydrogen-bond acceptors (Lipinski definition) is 3. The molecule has 2 rings (SSSR count). The van der Waals surface area contributed by atoms with Crippen molar-refractivity contribution < 1.29 is 4.79 Å². The Morgan fingerprint density at radius 1 is 1.26 bits per heavy atom. The second kappa shape index (κ2) is 6.71. The molecular weight excluding hydrogens is 238 g/mol. The van der Waals surface area contributed by atoms with E-state index in [1.54, 1.807) is 0 Å². The predicted molar refractivity (Wildman–Crippen MR) is 78.1 cm³/mol. The van der Waals surface area contributed by atoms with Gasteiger partial charge in [0.25, 0.3) is 0 Å². The summed E-state index contributed by atoms with van der Waals surface area (Å²) in [5.74, 6) is 0.334. The van der Waals surface area contributed by atoms with Crippen molar-refractivity contribution in [2.75, 3.05) is 26.2 Å². The Kier molecular flexibility index (Phi) is 5.22. The number of carbonyl (C=O) groups is 1. The van der Waals surface area contributed by atoms with Gasteiger partial charge in [-0.25, -0.2) is 0 Å². The van der Waals surface area contributed by atoms with Gasteiger partial charge in [0.15, 0.2) is 0 Å². The molecule has 0 aromatic heterocycles. The summed E-state index contributed by atoms with van der Waals surface area (Å²) in [5.41, 5.74) is 0. The van der Waals surface area contributed by atoms with E-state index in [-0.39, 0.29) is 0 Å². The molecule has 2 aliphatic rings. The Labute approximate surface area is 117 Å². The number of amides is 1. The zero-order valence-electron chi connectivity index (χ0n) is 12.7. The maximum absolute atomic E-state index is 12.4. The molecule has 0 bridgehead atoms. The molecule has 4 nitrogen and oxygen atoms in total. The number of hydrogen-bond donors (Lipinski definition) is 1. The molecule has 110 valence electrons. The summed E-state index contributed by atoms with van der Waals surface area (Å²) in [6.07, 6.45) is 4.67. The van der Waals surface area contributed by atoms with Crippen molar-refractivity contribution >= 4 is 5.91 Å². The van der Waals surface area contributed by atoms with Gasteiger partial charge in [0.05, 0.1) is 6.54 Å².